The predicted molar refractivity (Wildman–Crippen MR) is 194 cm³/mol. The van der Waals surface area contributed by atoms with Crippen LogP contribution in [0.5, 0.6) is 0 Å². The number of primary amides is 1. The molecular formula is C32H39N9O15P2. The molecule has 2 aromatic heterocycles. The van der Waals surface area contributed by atoms with Gasteiger partial charge in [-0.15, -0.1) is 12.3 Å². The lowest BCUT2D eigenvalue weighted by Gasteiger charge is -2.20. The number of terminal acetylenes is 1. The number of ether oxygens (including phenoxy) is 2. The SMILES string of the molecule is C#CCCC1(CC(=O)NCC#Cc2nc(N)c3ncn([C@H]4O[C@@H](COP(=O)(O)OP(=O)(O)OC[C@H]5O[C@@H](c6cccc(C(N)=O)c6)C(O)C5O)C(O)C4O)c3n2)NN1. The molecule has 0 spiro atoms. The fourth-order valence-corrected chi connectivity index (χ4v) is 8.19. The highest BCUT2D eigenvalue weighted by molar-refractivity contribution is 7.61. The summed E-state index contributed by atoms with van der Waals surface area (Å²) in [4.78, 5) is 56.8. The number of aliphatic hydroxyl groups is 4. The number of hydrogen-bond acceptors (Lipinski definition) is 19. The van der Waals surface area contributed by atoms with Crippen LogP contribution < -0.4 is 27.6 Å². The van der Waals surface area contributed by atoms with Crippen LogP contribution in [0.15, 0.2) is 30.6 Å². The standard InChI is InChI=1S/C32H39N9O15P2/c1-2-3-9-32(39-40-32)12-21(42)35-10-5-8-20-37-28(33)22-30(38-20)41(15-36-22)31-26(46)24(44)19(55-31)14-53-58(50,51)56-57(48,49)52-13-18-23(43)25(45)27(54-18)16-6-4-7-17(11-16)29(34)47/h1,4,6-7,11,15,18-19,23-27,31,39-40,43-46H,3,9-10,12-14H2,(H2,34,47)(H,35,42)(H,48,49)(H,50,51)(H2,33,37,38)/t18-,19+,23?,24?,25?,26?,27+,31+/m1/s1. The number of amides is 2. The summed E-state index contributed by atoms with van der Waals surface area (Å²) < 4.78 is 51.6. The Balaban J connectivity index is 1.02. The minimum absolute atomic E-state index is 0.0175. The van der Waals surface area contributed by atoms with Crippen LogP contribution in [0, 0.1) is 24.2 Å². The number of phosphoric ester groups is 2. The molecule has 13 N–H and O–H groups in total. The summed E-state index contributed by atoms with van der Waals surface area (Å²) in [6, 6.07) is 5.68. The van der Waals surface area contributed by atoms with Crippen molar-refractivity contribution in [3.8, 4) is 24.2 Å². The van der Waals surface area contributed by atoms with Gasteiger partial charge in [0, 0.05) is 12.0 Å². The summed E-state index contributed by atoms with van der Waals surface area (Å²) in [6.07, 6.45) is -4.64. The van der Waals surface area contributed by atoms with E-state index in [9.17, 15) is 48.9 Å². The van der Waals surface area contributed by atoms with Crippen LogP contribution in [0.1, 0.15) is 53.3 Å². The molecule has 3 aliphatic rings. The van der Waals surface area contributed by atoms with E-state index in [1.807, 2.05) is 0 Å². The number of anilines is 1. The Morgan fingerprint density at radius 3 is 2.34 bits per heavy atom. The largest absolute Gasteiger partial charge is 0.481 e. The number of nitrogens with one attached hydrogen (secondary N) is 3. The van der Waals surface area contributed by atoms with E-state index in [-0.39, 0.29) is 52.8 Å². The zero-order chi connectivity index (χ0) is 42.0. The Bertz CT molecular complexity index is 2240. The van der Waals surface area contributed by atoms with Crippen molar-refractivity contribution in [3.05, 3.63) is 47.5 Å². The van der Waals surface area contributed by atoms with Crippen LogP contribution in [0.2, 0.25) is 0 Å². The molecule has 0 saturated carbocycles. The van der Waals surface area contributed by atoms with Crippen molar-refractivity contribution in [3.63, 3.8) is 0 Å². The molecule has 58 heavy (non-hydrogen) atoms. The van der Waals surface area contributed by atoms with Crippen LogP contribution in [0.3, 0.4) is 0 Å². The van der Waals surface area contributed by atoms with Crippen molar-refractivity contribution in [2.75, 3.05) is 25.5 Å². The van der Waals surface area contributed by atoms with Crippen molar-refractivity contribution >= 4 is 44.4 Å². The summed E-state index contributed by atoms with van der Waals surface area (Å²) in [5.74, 6) is 6.67. The molecule has 5 heterocycles. The average molecular weight is 852 g/mol. The maximum atomic E-state index is 12.7. The van der Waals surface area contributed by atoms with Crippen LogP contribution >= 0.6 is 15.6 Å². The molecule has 26 heteroatoms. The number of hydrogen-bond donors (Lipinski definition) is 11. The average Bonchev–Trinajstić information content (AvgIpc) is 3.56. The van der Waals surface area contributed by atoms with E-state index in [1.165, 1.54) is 35.2 Å². The Kier molecular flexibility index (Phi) is 13.0. The molecule has 3 fully saturated rings. The summed E-state index contributed by atoms with van der Waals surface area (Å²) >= 11 is 0. The molecule has 6 rings (SSSR count). The molecule has 0 aliphatic carbocycles. The molecule has 3 aromatic rings. The van der Waals surface area contributed by atoms with Crippen LogP contribution in [-0.4, -0.2) is 124 Å². The Morgan fingerprint density at radius 2 is 1.69 bits per heavy atom. The molecule has 312 valence electrons. The Hall–Kier alpha value is -4.43. The first-order valence-corrected chi connectivity index (χ1v) is 20.2. The molecule has 2 amide bonds. The van der Waals surface area contributed by atoms with Gasteiger partial charge in [-0.05, 0) is 30.0 Å². The highest BCUT2D eigenvalue weighted by Gasteiger charge is 2.48. The fraction of sp³-hybridized carbons (Fsp3) is 0.469. The monoisotopic (exact) mass is 851 g/mol. The number of carbonyl (C=O) groups excluding carboxylic acids is 2. The molecule has 0 bridgehead atoms. The van der Waals surface area contributed by atoms with Gasteiger partial charge in [0.1, 0.15) is 53.9 Å². The van der Waals surface area contributed by atoms with Gasteiger partial charge in [-0.1, -0.05) is 18.1 Å². The maximum absolute atomic E-state index is 12.7. The number of benzene rings is 1. The highest BCUT2D eigenvalue weighted by atomic mass is 31.3. The van der Waals surface area contributed by atoms with Gasteiger partial charge in [-0.2, -0.15) is 4.31 Å². The summed E-state index contributed by atoms with van der Waals surface area (Å²) in [5, 5.41) is 45.1. The van der Waals surface area contributed by atoms with Crippen LogP contribution in [-0.2, 0) is 36.8 Å². The number of phosphoric acid groups is 2. The van der Waals surface area contributed by atoms with Gasteiger partial charge in [-0.3, -0.25) is 23.2 Å². The van der Waals surface area contributed by atoms with E-state index >= 15 is 0 Å². The lowest BCUT2D eigenvalue weighted by atomic mass is 10.00. The predicted octanol–water partition coefficient (Wildman–Crippen LogP) is -2.69. The number of hydrazine groups is 1. The highest BCUT2D eigenvalue weighted by Crippen LogP contribution is 2.61. The quantitative estimate of drug-likeness (QED) is 0.0397. The topological polar surface area (TPSA) is 387 Å². The van der Waals surface area contributed by atoms with E-state index in [0.29, 0.717) is 12.8 Å². The first-order valence-electron chi connectivity index (χ1n) is 17.2. The second-order valence-electron chi connectivity index (χ2n) is 13.3. The van der Waals surface area contributed by atoms with Gasteiger partial charge in [0.15, 0.2) is 17.7 Å². The summed E-state index contributed by atoms with van der Waals surface area (Å²) in [5.41, 5.74) is 17.1. The van der Waals surface area contributed by atoms with Gasteiger partial charge in [0.05, 0.1) is 32.5 Å². The third kappa shape index (κ3) is 10.0. The first kappa shape index (κ1) is 43.2. The number of nitrogens with two attached hydrogens (primary N) is 2. The number of imidazole rings is 1. The van der Waals surface area contributed by atoms with Gasteiger partial charge in [-0.25, -0.2) is 34.9 Å². The summed E-state index contributed by atoms with van der Waals surface area (Å²) in [6.45, 7) is -1.94. The van der Waals surface area contributed by atoms with Gasteiger partial charge < -0.3 is 56.5 Å². The first-order chi connectivity index (χ1) is 27.4. The molecular weight excluding hydrogens is 812 g/mol. The minimum Gasteiger partial charge on any atom is -0.387 e. The molecule has 10 atom stereocenters. The number of aliphatic hydroxyl groups excluding tert-OH is 4. The molecule has 3 aliphatic heterocycles. The normalized spacial score (nSPS) is 28.2. The molecule has 24 nitrogen and oxygen atoms in total. The third-order valence-electron chi connectivity index (χ3n) is 9.14. The zero-order valence-electron chi connectivity index (χ0n) is 30.0. The molecule has 0 radical (unpaired) electrons. The number of rotatable bonds is 16. The second-order valence-corrected chi connectivity index (χ2v) is 16.3. The van der Waals surface area contributed by atoms with Crippen LogP contribution in [0.25, 0.3) is 11.2 Å². The molecule has 6 unspecified atom stereocenters. The van der Waals surface area contributed by atoms with E-state index in [0.717, 1.165) is 0 Å². The van der Waals surface area contributed by atoms with Gasteiger partial charge in [0.2, 0.25) is 17.6 Å². The van der Waals surface area contributed by atoms with E-state index in [1.54, 1.807) is 0 Å². The van der Waals surface area contributed by atoms with Crippen molar-refractivity contribution in [2.24, 2.45) is 5.73 Å². The van der Waals surface area contributed by atoms with Crippen LogP contribution in [0.4, 0.5) is 5.82 Å². The van der Waals surface area contributed by atoms with Gasteiger partial charge in [0.25, 0.3) is 0 Å². The second kappa shape index (κ2) is 17.4. The smallest absolute Gasteiger partial charge is 0.387 e. The number of nitrogens with zero attached hydrogens (tertiary/aromatic N) is 4. The number of aromatic nitrogens is 4. The zero-order valence-corrected chi connectivity index (χ0v) is 31.8. The minimum atomic E-state index is -5.46. The lowest BCUT2D eigenvalue weighted by molar-refractivity contribution is -0.121. The van der Waals surface area contributed by atoms with E-state index < -0.39 is 89.4 Å². The number of carbonyl (C=O) groups is 2. The van der Waals surface area contributed by atoms with Gasteiger partial charge >= 0.3 is 15.6 Å². The van der Waals surface area contributed by atoms with Crippen molar-refractivity contribution in [1.29, 1.82) is 0 Å². The Morgan fingerprint density at radius 1 is 1.02 bits per heavy atom. The third-order valence-corrected chi connectivity index (χ3v) is 11.7. The van der Waals surface area contributed by atoms with Crippen molar-refractivity contribution < 1.29 is 71.8 Å². The van der Waals surface area contributed by atoms with E-state index in [2.05, 4.69) is 53.2 Å². The summed E-state index contributed by atoms with van der Waals surface area (Å²) in [7, 11) is -10.9. The number of fused-ring (bicyclic) bond motifs is 1. The fourth-order valence-electron chi connectivity index (χ4n) is 6.10. The van der Waals surface area contributed by atoms with Crippen molar-refractivity contribution in [1.82, 2.24) is 35.7 Å². The molecule has 1 aromatic carbocycles. The van der Waals surface area contributed by atoms with Crippen molar-refractivity contribution in [2.45, 2.75) is 73.9 Å². The number of nitrogen functional groups attached to an aromatic ring is 1. The maximum Gasteiger partial charge on any atom is 0.481 e. The lowest BCUT2D eigenvalue weighted by Crippen LogP contribution is -2.33. The molecule has 3 saturated heterocycles. The Labute approximate surface area is 328 Å². The van der Waals surface area contributed by atoms with E-state index in [4.69, 9.17) is 36.4 Å².